The zero-order chi connectivity index (χ0) is 26.6. The molecule has 0 aliphatic carbocycles. The molecule has 0 aliphatic rings. The maximum atomic E-state index is 13.5. The van der Waals surface area contributed by atoms with E-state index in [1.807, 2.05) is 6.92 Å². The first-order valence-electron chi connectivity index (χ1n) is 10.3. The van der Waals surface area contributed by atoms with Crippen molar-refractivity contribution < 1.29 is 32.2 Å². The number of methoxy groups -OCH3 is 2. The van der Waals surface area contributed by atoms with E-state index in [-0.39, 0.29) is 36.1 Å². The number of amides is 1. The van der Waals surface area contributed by atoms with E-state index in [1.54, 1.807) is 12.1 Å². The zero-order valence-electron chi connectivity index (χ0n) is 19.6. The normalized spacial score (nSPS) is 11.1. The van der Waals surface area contributed by atoms with E-state index in [4.69, 9.17) is 32.7 Å². The number of halogens is 2. The van der Waals surface area contributed by atoms with Gasteiger partial charge < -0.3 is 19.5 Å². The minimum absolute atomic E-state index is 0.0951. The predicted octanol–water partition coefficient (Wildman–Crippen LogP) is 5.33. The highest BCUT2D eigenvalue weighted by molar-refractivity contribution is 7.93. The molecule has 3 rings (SSSR count). The van der Waals surface area contributed by atoms with Gasteiger partial charge in [-0.2, -0.15) is 0 Å². The second kappa shape index (κ2) is 11.4. The number of anilines is 2. The molecule has 1 N–H and O–H groups in total. The lowest BCUT2D eigenvalue weighted by molar-refractivity contribution is 0.0600. The molecule has 0 fully saturated rings. The molecule has 1 amide bonds. The Labute approximate surface area is 222 Å². The Kier molecular flexibility index (Phi) is 8.72. The topological polar surface area (TPSA) is 111 Å². The van der Waals surface area contributed by atoms with Gasteiger partial charge >= 0.3 is 5.97 Å². The van der Waals surface area contributed by atoms with Crippen LogP contribution >= 0.6 is 34.5 Å². The smallest absolute Gasteiger partial charge is 0.337 e. The Morgan fingerprint density at radius 3 is 2.42 bits per heavy atom. The number of ether oxygens (including phenoxy) is 3. The fourth-order valence-corrected chi connectivity index (χ4v) is 6.31. The van der Waals surface area contributed by atoms with E-state index >= 15 is 0 Å². The highest BCUT2D eigenvalue weighted by Gasteiger charge is 2.30. The van der Waals surface area contributed by atoms with Gasteiger partial charge in [0.15, 0.2) is 11.5 Å². The number of nitrogens with zero attached hydrogens (tertiary/aromatic N) is 1. The number of carbonyl (C=O) groups excluding carboxylic acids is 2. The van der Waals surface area contributed by atoms with Gasteiger partial charge in [-0.25, -0.2) is 13.2 Å². The van der Waals surface area contributed by atoms with Crippen molar-refractivity contribution in [1.29, 1.82) is 0 Å². The van der Waals surface area contributed by atoms with E-state index in [0.29, 0.717) is 18.1 Å². The number of benzene rings is 2. The monoisotopic (exact) mass is 572 g/mol. The molecule has 0 atom stereocenters. The van der Waals surface area contributed by atoms with Crippen LogP contribution in [-0.2, 0) is 14.8 Å². The number of hydrogen-bond donors (Lipinski definition) is 1. The number of thiophene rings is 1. The molecule has 1 aromatic heterocycles. The van der Waals surface area contributed by atoms with Crippen LogP contribution in [0.2, 0.25) is 9.36 Å². The predicted molar refractivity (Wildman–Crippen MR) is 140 cm³/mol. The van der Waals surface area contributed by atoms with E-state index in [9.17, 15) is 18.0 Å². The van der Waals surface area contributed by atoms with Crippen molar-refractivity contribution in [2.24, 2.45) is 0 Å². The van der Waals surface area contributed by atoms with Crippen LogP contribution in [0.3, 0.4) is 0 Å². The van der Waals surface area contributed by atoms with Gasteiger partial charge in [0.1, 0.15) is 9.77 Å². The molecule has 2 aromatic carbocycles. The van der Waals surface area contributed by atoms with Crippen molar-refractivity contribution in [3.05, 3.63) is 62.3 Å². The van der Waals surface area contributed by atoms with Crippen molar-refractivity contribution in [2.75, 3.05) is 37.5 Å². The van der Waals surface area contributed by atoms with E-state index in [1.165, 1.54) is 51.6 Å². The Bertz CT molecular complexity index is 1410. The first-order valence-corrected chi connectivity index (χ1v) is 13.3. The number of rotatable bonds is 9. The molecule has 13 heteroatoms. The summed E-state index contributed by atoms with van der Waals surface area (Å²) < 4.78 is 43.6. The fraction of sp³-hybridized carbons (Fsp3) is 0.217. The van der Waals surface area contributed by atoms with Crippen LogP contribution in [0.5, 0.6) is 11.5 Å². The quantitative estimate of drug-likeness (QED) is 0.345. The van der Waals surface area contributed by atoms with Gasteiger partial charge in [-0.1, -0.05) is 23.2 Å². The molecule has 0 radical (unpaired) electrons. The summed E-state index contributed by atoms with van der Waals surface area (Å²) in [5.41, 5.74) is 0.563. The van der Waals surface area contributed by atoms with E-state index < -0.39 is 21.9 Å². The minimum atomic E-state index is -4.22. The van der Waals surface area contributed by atoms with Crippen molar-refractivity contribution in [3.63, 3.8) is 0 Å². The number of carbonyl (C=O) groups is 2. The maximum absolute atomic E-state index is 13.5. The summed E-state index contributed by atoms with van der Waals surface area (Å²) in [5.74, 6) is -0.592. The van der Waals surface area contributed by atoms with Crippen LogP contribution in [0.25, 0.3) is 0 Å². The summed E-state index contributed by atoms with van der Waals surface area (Å²) in [5, 5.41) is 2.74. The van der Waals surface area contributed by atoms with Gasteiger partial charge in [0.05, 0.1) is 36.4 Å². The van der Waals surface area contributed by atoms with Gasteiger partial charge in [-0.15, -0.1) is 11.3 Å². The van der Waals surface area contributed by atoms with E-state index in [0.717, 1.165) is 15.6 Å². The van der Waals surface area contributed by atoms with Gasteiger partial charge in [-0.3, -0.25) is 9.10 Å². The highest BCUT2D eigenvalue weighted by Crippen LogP contribution is 2.37. The van der Waals surface area contributed by atoms with Gasteiger partial charge in [0, 0.05) is 23.8 Å². The molecular formula is C23H22Cl2N2O7S2. The molecule has 0 unspecified atom stereocenters. The molecule has 36 heavy (non-hydrogen) atoms. The Balaban J connectivity index is 1.96. The summed E-state index contributed by atoms with van der Waals surface area (Å²) in [6.07, 6.45) is 0. The SMILES string of the molecule is CCOc1ccc(N(C)S(=O)(=O)c2cc(Cl)sc2C(=O)Nc2cc(Cl)cc(C(=O)OC)c2)cc1OC. The number of esters is 1. The van der Waals surface area contributed by atoms with Gasteiger partial charge in [0.25, 0.3) is 15.9 Å². The van der Waals surface area contributed by atoms with E-state index in [2.05, 4.69) is 10.1 Å². The molecule has 0 spiro atoms. The number of nitrogens with one attached hydrogen (secondary N) is 1. The summed E-state index contributed by atoms with van der Waals surface area (Å²) >= 11 is 13.0. The molecule has 0 aliphatic heterocycles. The third-order valence-electron chi connectivity index (χ3n) is 4.90. The molecule has 192 valence electrons. The lowest BCUT2D eigenvalue weighted by atomic mass is 10.2. The van der Waals surface area contributed by atoms with Gasteiger partial charge in [-0.05, 0) is 43.3 Å². The summed E-state index contributed by atoms with van der Waals surface area (Å²) in [4.78, 5) is 24.5. The molecule has 1 heterocycles. The third-order valence-corrected chi connectivity index (χ3v) is 8.32. The number of hydrogen-bond acceptors (Lipinski definition) is 8. The maximum Gasteiger partial charge on any atom is 0.337 e. The fourth-order valence-electron chi connectivity index (χ4n) is 3.19. The second-order valence-corrected chi connectivity index (χ2v) is 11.2. The van der Waals surface area contributed by atoms with Crippen LogP contribution in [0, 0.1) is 0 Å². The lowest BCUT2D eigenvalue weighted by Gasteiger charge is -2.21. The second-order valence-electron chi connectivity index (χ2n) is 7.16. The summed E-state index contributed by atoms with van der Waals surface area (Å²) in [7, 11) is -0.222. The highest BCUT2D eigenvalue weighted by atomic mass is 35.5. The van der Waals surface area contributed by atoms with Crippen LogP contribution in [0.4, 0.5) is 11.4 Å². The van der Waals surface area contributed by atoms with Gasteiger partial charge in [0.2, 0.25) is 0 Å². The van der Waals surface area contributed by atoms with Crippen LogP contribution < -0.4 is 19.1 Å². The van der Waals surface area contributed by atoms with Crippen LogP contribution in [0.15, 0.2) is 47.4 Å². The molecule has 0 saturated heterocycles. The van der Waals surface area contributed by atoms with Crippen molar-refractivity contribution in [1.82, 2.24) is 0 Å². The first-order chi connectivity index (χ1) is 17.0. The Hall–Kier alpha value is -2.99. The molecule has 0 bridgehead atoms. The first kappa shape index (κ1) is 27.6. The standard InChI is InChI=1S/C23H22Cl2N2O7S2/c1-5-34-17-7-6-16(11-18(17)32-3)27(2)36(30,31)19-12-20(25)35-21(19)22(28)26-15-9-13(23(29)33-4)8-14(24)10-15/h6-12H,5H2,1-4H3,(H,26,28). The zero-order valence-corrected chi connectivity index (χ0v) is 22.8. The largest absolute Gasteiger partial charge is 0.493 e. The lowest BCUT2D eigenvalue weighted by Crippen LogP contribution is -2.28. The Morgan fingerprint density at radius 2 is 1.78 bits per heavy atom. The molecular weight excluding hydrogens is 551 g/mol. The summed E-state index contributed by atoms with van der Waals surface area (Å²) in [6, 6.07) is 10.0. The molecule has 9 nitrogen and oxygen atoms in total. The summed E-state index contributed by atoms with van der Waals surface area (Å²) in [6.45, 7) is 2.22. The Morgan fingerprint density at radius 1 is 1.06 bits per heavy atom. The van der Waals surface area contributed by atoms with Crippen molar-refractivity contribution >= 4 is 67.8 Å². The van der Waals surface area contributed by atoms with Crippen molar-refractivity contribution in [2.45, 2.75) is 11.8 Å². The molecule has 0 saturated carbocycles. The third kappa shape index (κ3) is 5.86. The van der Waals surface area contributed by atoms with Crippen LogP contribution in [0.1, 0.15) is 27.0 Å². The molecule has 3 aromatic rings. The average Bonchev–Trinajstić information content (AvgIpc) is 3.25. The number of sulfonamides is 1. The minimum Gasteiger partial charge on any atom is -0.493 e. The van der Waals surface area contributed by atoms with Crippen LogP contribution in [-0.4, -0.2) is 48.2 Å². The van der Waals surface area contributed by atoms with Crippen molar-refractivity contribution in [3.8, 4) is 11.5 Å². The average molecular weight is 573 g/mol.